The number of rotatable bonds is 8. The van der Waals surface area contributed by atoms with Crippen molar-refractivity contribution in [1.29, 1.82) is 0 Å². The Kier molecular flexibility index (Phi) is 7.40. The molecule has 1 aliphatic heterocycles. The Balaban J connectivity index is 1.83. The van der Waals surface area contributed by atoms with Crippen LogP contribution in [0.1, 0.15) is 18.4 Å². The third-order valence-corrected chi connectivity index (χ3v) is 5.91. The van der Waals surface area contributed by atoms with Crippen LogP contribution in [-0.2, 0) is 26.0 Å². The molecule has 140 valence electrons. The largest absolute Gasteiger partial charge is 0.383 e. The van der Waals surface area contributed by atoms with Gasteiger partial charge in [0.2, 0.25) is 15.9 Å². The summed E-state index contributed by atoms with van der Waals surface area (Å²) in [5, 5.41) is 0. The molecule has 7 heteroatoms. The zero-order valence-corrected chi connectivity index (χ0v) is 15.9. The van der Waals surface area contributed by atoms with Crippen LogP contribution in [-0.4, -0.2) is 69.7 Å². The van der Waals surface area contributed by atoms with Gasteiger partial charge < -0.3 is 9.64 Å². The molecule has 0 N–H and O–H groups in total. The molecule has 0 aromatic heterocycles. The summed E-state index contributed by atoms with van der Waals surface area (Å²) in [5.41, 5.74) is 1.33. The molecule has 0 saturated carbocycles. The molecule has 0 spiro atoms. The molecular formula is C18H28N2O4S. The molecule has 1 aliphatic rings. The summed E-state index contributed by atoms with van der Waals surface area (Å²) < 4.78 is 29.7. The quantitative estimate of drug-likeness (QED) is 0.695. The van der Waals surface area contributed by atoms with Crippen LogP contribution >= 0.6 is 0 Å². The molecule has 1 amide bonds. The van der Waals surface area contributed by atoms with Crippen molar-refractivity contribution in [3.63, 3.8) is 0 Å². The van der Waals surface area contributed by atoms with Crippen LogP contribution in [0.15, 0.2) is 30.3 Å². The normalized spacial score (nSPS) is 16.4. The molecule has 0 unspecified atom stereocenters. The lowest BCUT2D eigenvalue weighted by Crippen LogP contribution is -2.46. The van der Waals surface area contributed by atoms with Gasteiger partial charge in [-0.3, -0.25) is 4.79 Å². The second-order valence-electron chi connectivity index (χ2n) is 6.60. The van der Waals surface area contributed by atoms with Crippen LogP contribution < -0.4 is 0 Å². The van der Waals surface area contributed by atoms with Crippen molar-refractivity contribution < 1.29 is 17.9 Å². The minimum atomic E-state index is -3.42. The SMILES string of the molecule is COCCN(CC(=O)N1CCC(Cc2ccccc2)CC1)S(C)(=O)=O. The highest BCUT2D eigenvalue weighted by Gasteiger charge is 2.26. The Labute approximate surface area is 150 Å². The number of nitrogens with zero attached hydrogens (tertiary/aromatic N) is 2. The minimum Gasteiger partial charge on any atom is -0.383 e. The smallest absolute Gasteiger partial charge is 0.237 e. The fraction of sp³-hybridized carbons (Fsp3) is 0.611. The van der Waals surface area contributed by atoms with E-state index in [2.05, 4.69) is 12.1 Å². The summed E-state index contributed by atoms with van der Waals surface area (Å²) in [6.45, 7) is 1.76. The number of hydrogen-bond donors (Lipinski definition) is 0. The van der Waals surface area contributed by atoms with E-state index in [0.717, 1.165) is 25.5 Å². The van der Waals surface area contributed by atoms with Gasteiger partial charge in [-0.15, -0.1) is 0 Å². The number of methoxy groups -OCH3 is 1. The lowest BCUT2D eigenvalue weighted by Gasteiger charge is -2.33. The topological polar surface area (TPSA) is 66.9 Å². The number of sulfonamides is 1. The van der Waals surface area contributed by atoms with Crippen molar-refractivity contribution >= 4 is 15.9 Å². The van der Waals surface area contributed by atoms with Crippen LogP contribution in [0, 0.1) is 5.92 Å². The second-order valence-corrected chi connectivity index (χ2v) is 8.59. The van der Waals surface area contributed by atoms with Gasteiger partial charge in [-0.05, 0) is 30.7 Å². The highest BCUT2D eigenvalue weighted by atomic mass is 32.2. The third kappa shape index (κ3) is 6.41. The zero-order valence-electron chi connectivity index (χ0n) is 15.1. The van der Waals surface area contributed by atoms with Gasteiger partial charge in [-0.2, -0.15) is 4.31 Å². The zero-order chi connectivity index (χ0) is 18.3. The molecule has 0 atom stereocenters. The fourth-order valence-corrected chi connectivity index (χ4v) is 3.89. The van der Waals surface area contributed by atoms with Crippen molar-refractivity contribution in [2.75, 3.05) is 46.2 Å². The monoisotopic (exact) mass is 368 g/mol. The summed E-state index contributed by atoms with van der Waals surface area (Å²) in [5.74, 6) is 0.450. The number of carbonyl (C=O) groups is 1. The number of carbonyl (C=O) groups excluding carboxylic acids is 1. The van der Waals surface area contributed by atoms with Crippen LogP contribution in [0.25, 0.3) is 0 Å². The van der Waals surface area contributed by atoms with Crippen LogP contribution in [0.2, 0.25) is 0 Å². The molecule has 1 aromatic carbocycles. The van der Waals surface area contributed by atoms with E-state index < -0.39 is 10.0 Å². The van der Waals surface area contributed by atoms with Gasteiger partial charge in [-0.25, -0.2) is 8.42 Å². The van der Waals surface area contributed by atoms with Gasteiger partial charge >= 0.3 is 0 Å². The first kappa shape index (κ1) is 19.9. The number of benzene rings is 1. The first-order valence-corrected chi connectivity index (χ1v) is 10.5. The predicted molar refractivity (Wildman–Crippen MR) is 97.7 cm³/mol. The van der Waals surface area contributed by atoms with Crippen LogP contribution in [0.3, 0.4) is 0 Å². The summed E-state index contributed by atoms with van der Waals surface area (Å²) >= 11 is 0. The molecule has 2 rings (SSSR count). The molecule has 1 heterocycles. The Morgan fingerprint density at radius 1 is 1.24 bits per heavy atom. The highest BCUT2D eigenvalue weighted by Crippen LogP contribution is 2.22. The Morgan fingerprint density at radius 2 is 1.88 bits per heavy atom. The Bertz CT molecular complexity index is 640. The van der Waals surface area contributed by atoms with Crippen molar-refractivity contribution in [3.8, 4) is 0 Å². The standard InChI is InChI=1S/C18H28N2O4S/c1-24-13-12-20(25(2,22)23)15-18(21)19-10-8-17(9-11-19)14-16-6-4-3-5-7-16/h3-7,17H,8-15H2,1-2H3. The van der Waals surface area contributed by atoms with Crippen molar-refractivity contribution in [1.82, 2.24) is 9.21 Å². The van der Waals surface area contributed by atoms with E-state index in [1.54, 1.807) is 4.90 Å². The van der Waals surface area contributed by atoms with E-state index in [4.69, 9.17) is 4.74 Å². The number of likely N-dealkylation sites (tertiary alicyclic amines) is 1. The molecule has 0 bridgehead atoms. The lowest BCUT2D eigenvalue weighted by molar-refractivity contribution is -0.132. The van der Waals surface area contributed by atoms with E-state index >= 15 is 0 Å². The van der Waals surface area contributed by atoms with E-state index in [1.807, 2.05) is 18.2 Å². The third-order valence-electron chi connectivity index (χ3n) is 4.66. The van der Waals surface area contributed by atoms with Gasteiger partial charge in [0.1, 0.15) is 0 Å². The van der Waals surface area contributed by atoms with Crippen LogP contribution in [0.5, 0.6) is 0 Å². The summed E-state index contributed by atoms with van der Waals surface area (Å²) in [4.78, 5) is 14.2. The van der Waals surface area contributed by atoms with Gasteiger partial charge in [0.25, 0.3) is 0 Å². The predicted octanol–water partition coefficient (Wildman–Crippen LogP) is 1.38. The maximum absolute atomic E-state index is 12.5. The minimum absolute atomic E-state index is 0.106. The molecule has 6 nitrogen and oxygen atoms in total. The molecule has 0 radical (unpaired) electrons. The molecule has 25 heavy (non-hydrogen) atoms. The number of hydrogen-bond acceptors (Lipinski definition) is 4. The average molecular weight is 368 g/mol. The number of piperidine rings is 1. The van der Waals surface area contributed by atoms with Gasteiger partial charge in [0.15, 0.2) is 0 Å². The average Bonchev–Trinajstić information content (AvgIpc) is 2.59. The molecular weight excluding hydrogens is 340 g/mol. The molecule has 1 aromatic rings. The highest BCUT2D eigenvalue weighted by molar-refractivity contribution is 7.88. The fourth-order valence-electron chi connectivity index (χ4n) is 3.14. The van der Waals surface area contributed by atoms with E-state index in [0.29, 0.717) is 19.0 Å². The van der Waals surface area contributed by atoms with Gasteiger partial charge in [0.05, 0.1) is 19.4 Å². The van der Waals surface area contributed by atoms with E-state index in [1.165, 1.54) is 17.0 Å². The van der Waals surface area contributed by atoms with Gasteiger partial charge in [0, 0.05) is 26.7 Å². The van der Waals surface area contributed by atoms with Crippen molar-refractivity contribution in [2.45, 2.75) is 19.3 Å². The summed E-state index contributed by atoms with van der Waals surface area (Å²) in [6, 6.07) is 10.4. The van der Waals surface area contributed by atoms with E-state index in [-0.39, 0.29) is 25.6 Å². The maximum atomic E-state index is 12.5. The first-order chi connectivity index (χ1) is 11.9. The maximum Gasteiger partial charge on any atom is 0.237 e. The van der Waals surface area contributed by atoms with Gasteiger partial charge in [-0.1, -0.05) is 30.3 Å². The van der Waals surface area contributed by atoms with Crippen LogP contribution in [0.4, 0.5) is 0 Å². The summed E-state index contributed by atoms with van der Waals surface area (Å²) in [7, 11) is -1.90. The van der Waals surface area contributed by atoms with Crippen molar-refractivity contribution in [3.05, 3.63) is 35.9 Å². The second kappa shape index (κ2) is 9.31. The molecule has 1 saturated heterocycles. The van der Waals surface area contributed by atoms with E-state index in [9.17, 15) is 13.2 Å². The molecule has 0 aliphatic carbocycles. The lowest BCUT2D eigenvalue weighted by atomic mass is 9.90. The summed E-state index contributed by atoms with van der Waals surface area (Å²) in [6.07, 6.45) is 4.07. The number of ether oxygens (including phenoxy) is 1. The Morgan fingerprint density at radius 3 is 2.44 bits per heavy atom. The Hall–Kier alpha value is -1.44. The first-order valence-electron chi connectivity index (χ1n) is 8.66. The number of amides is 1. The molecule has 1 fully saturated rings. The van der Waals surface area contributed by atoms with Crippen molar-refractivity contribution in [2.24, 2.45) is 5.92 Å².